The van der Waals surface area contributed by atoms with Gasteiger partial charge in [0, 0.05) is 0 Å². The highest BCUT2D eigenvalue weighted by atomic mass is 19.2. The first-order valence-electron chi connectivity index (χ1n) is 9.69. The maximum Gasteiger partial charge on any atom is 0.200 e. The second-order valence-corrected chi connectivity index (χ2v) is 6.92. The van der Waals surface area contributed by atoms with Crippen LogP contribution in [0.1, 0.15) is 24.0 Å². The van der Waals surface area contributed by atoms with Crippen LogP contribution in [0.3, 0.4) is 0 Å². The molecule has 2 nitrogen and oxygen atoms in total. The van der Waals surface area contributed by atoms with Gasteiger partial charge in [-0.3, -0.25) is 0 Å². The van der Waals surface area contributed by atoms with Crippen molar-refractivity contribution in [2.24, 2.45) is 0 Å². The highest BCUT2D eigenvalue weighted by Gasteiger charge is 2.12. The van der Waals surface area contributed by atoms with E-state index in [9.17, 15) is 13.2 Å². The molecular weight excluding hydrogens is 389 g/mol. The van der Waals surface area contributed by atoms with Crippen LogP contribution in [-0.2, 0) is 6.61 Å². The fraction of sp³-hybridized carbons (Fsp3) is 0.200. The zero-order valence-electron chi connectivity index (χ0n) is 16.8. The van der Waals surface area contributed by atoms with Crippen LogP contribution in [0.2, 0.25) is 0 Å². The van der Waals surface area contributed by atoms with Gasteiger partial charge in [0.25, 0.3) is 0 Å². The molecule has 3 aromatic rings. The molecule has 0 spiro atoms. The van der Waals surface area contributed by atoms with Crippen molar-refractivity contribution in [3.63, 3.8) is 0 Å². The van der Waals surface area contributed by atoms with Crippen LogP contribution < -0.4 is 9.47 Å². The summed E-state index contributed by atoms with van der Waals surface area (Å²) in [6.07, 6.45) is 3.40. The second kappa shape index (κ2) is 10.0. The molecule has 0 atom stereocenters. The van der Waals surface area contributed by atoms with Crippen LogP contribution in [0.5, 0.6) is 11.5 Å². The lowest BCUT2D eigenvalue weighted by molar-refractivity contribution is 0.284. The molecule has 0 N–H and O–H groups in total. The Morgan fingerprint density at radius 2 is 1.53 bits per heavy atom. The summed E-state index contributed by atoms with van der Waals surface area (Å²) in [7, 11) is 0. The fourth-order valence-corrected chi connectivity index (χ4v) is 2.90. The monoisotopic (exact) mass is 412 g/mol. The summed E-state index contributed by atoms with van der Waals surface area (Å²) in [5, 5.41) is 0. The Hall–Kier alpha value is -3.21. The molecule has 30 heavy (non-hydrogen) atoms. The number of benzene rings is 3. The normalized spacial score (nSPS) is 10.7. The smallest absolute Gasteiger partial charge is 0.200 e. The maximum absolute atomic E-state index is 14.3. The predicted octanol–water partition coefficient (Wildman–Crippen LogP) is 7.00. The number of halogens is 3. The Morgan fingerprint density at radius 1 is 0.833 bits per heavy atom. The minimum atomic E-state index is -0.992. The zero-order chi connectivity index (χ0) is 21.5. The SMILES string of the molecule is C=CCCCOc1ccc(-c2ccc(COc3ccc(C)c(F)c3F)cc2)cc1F. The zero-order valence-corrected chi connectivity index (χ0v) is 16.8. The van der Waals surface area contributed by atoms with Crippen molar-refractivity contribution < 1.29 is 22.6 Å². The first-order chi connectivity index (χ1) is 14.5. The van der Waals surface area contributed by atoms with Gasteiger partial charge in [-0.25, -0.2) is 8.78 Å². The van der Waals surface area contributed by atoms with Crippen LogP contribution in [-0.4, -0.2) is 6.61 Å². The molecule has 0 radical (unpaired) electrons. The lowest BCUT2D eigenvalue weighted by Gasteiger charge is -2.10. The highest BCUT2D eigenvalue weighted by molar-refractivity contribution is 5.64. The van der Waals surface area contributed by atoms with Gasteiger partial charge < -0.3 is 9.47 Å². The Labute approximate surface area is 174 Å². The third kappa shape index (κ3) is 5.23. The van der Waals surface area contributed by atoms with E-state index in [1.54, 1.807) is 30.3 Å². The molecule has 0 amide bonds. The van der Waals surface area contributed by atoms with Gasteiger partial charge in [-0.15, -0.1) is 6.58 Å². The van der Waals surface area contributed by atoms with Crippen molar-refractivity contribution in [3.05, 3.63) is 95.8 Å². The van der Waals surface area contributed by atoms with Gasteiger partial charge in [0.15, 0.2) is 23.1 Å². The summed E-state index contributed by atoms with van der Waals surface area (Å²) >= 11 is 0. The van der Waals surface area contributed by atoms with Crippen molar-refractivity contribution in [1.29, 1.82) is 0 Å². The Balaban J connectivity index is 1.63. The molecule has 5 heteroatoms. The van der Waals surface area contributed by atoms with Gasteiger partial charge in [0.2, 0.25) is 5.82 Å². The van der Waals surface area contributed by atoms with Crippen molar-refractivity contribution >= 4 is 0 Å². The van der Waals surface area contributed by atoms with Gasteiger partial charge in [0.1, 0.15) is 6.61 Å². The van der Waals surface area contributed by atoms with E-state index >= 15 is 0 Å². The molecule has 0 aliphatic rings. The van der Waals surface area contributed by atoms with Gasteiger partial charge >= 0.3 is 0 Å². The molecule has 3 rings (SSSR count). The summed E-state index contributed by atoms with van der Waals surface area (Å²) in [4.78, 5) is 0. The topological polar surface area (TPSA) is 18.5 Å². The molecule has 0 aromatic heterocycles. The number of ether oxygens (including phenoxy) is 2. The first kappa shape index (κ1) is 21.5. The number of allylic oxidation sites excluding steroid dienone is 1. The third-order valence-corrected chi connectivity index (χ3v) is 4.66. The average molecular weight is 412 g/mol. The van der Waals surface area contributed by atoms with E-state index < -0.39 is 17.5 Å². The summed E-state index contributed by atoms with van der Waals surface area (Å²) in [6.45, 7) is 5.66. The predicted molar refractivity (Wildman–Crippen MR) is 112 cm³/mol. The number of hydrogen-bond donors (Lipinski definition) is 0. The van der Waals surface area contributed by atoms with E-state index in [-0.39, 0.29) is 23.7 Å². The van der Waals surface area contributed by atoms with Gasteiger partial charge in [-0.2, -0.15) is 4.39 Å². The minimum absolute atomic E-state index is 0.0888. The van der Waals surface area contributed by atoms with E-state index in [1.807, 2.05) is 12.1 Å². The van der Waals surface area contributed by atoms with E-state index in [2.05, 4.69) is 6.58 Å². The number of aryl methyl sites for hydroxylation is 1. The summed E-state index contributed by atoms with van der Waals surface area (Å²) in [5.41, 5.74) is 2.54. The summed E-state index contributed by atoms with van der Waals surface area (Å²) in [5.74, 6) is -2.23. The summed E-state index contributed by atoms with van der Waals surface area (Å²) < 4.78 is 52.7. The van der Waals surface area contributed by atoms with Crippen molar-refractivity contribution in [1.82, 2.24) is 0 Å². The molecule has 0 saturated carbocycles. The Morgan fingerprint density at radius 3 is 2.23 bits per heavy atom. The van der Waals surface area contributed by atoms with E-state index in [1.165, 1.54) is 25.1 Å². The lowest BCUT2D eigenvalue weighted by Crippen LogP contribution is -2.00. The van der Waals surface area contributed by atoms with Crippen molar-refractivity contribution in [2.75, 3.05) is 6.61 Å². The maximum atomic E-state index is 14.3. The molecule has 3 aromatic carbocycles. The van der Waals surface area contributed by atoms with Gasteiger partial charge in [-0.05, 0) is 60.2 Å². The quantitative estimate of drug-likeness (QED) is 0.278. The van der Waals surface area contributed by atoms with Crippen LogP contribution in [0, 0.1) is 24.4 Å². The van der Waals surface area contributed by atoms with E-state index in [0.29, 0.717) is 12.2 Å². The summed E-state index contributed by atoms with van der Waals surface area (Å²) in [6, 6.07) is 15.0. The standard InChI is InChI=1S/C25H23F3O2/c1-3-4-5-14-29-22-13-11-20(15-21(22)26)19-9-7-18(8-10-19)16-30-23-12-6-17(2)24(27)25(23)28/h3,6-13,15H,1,4-5,14,16H2,2H3. The Kier molecular flexibility index (Phi) is 7.17. The van der Waals surface area contributed by atoms with Gasteiger partial charge in [-0.1, -0.05) is 42.5 Å². The van der Waals surface area contributed by atoms with Crippen LogP contribution in [0.25, 0.3) is 11.1 Å². The molecule has 156 valence electrons. The lowest BCUT2D eigenvalue weighted by atomic mass is 10.0. The van der Waals surface area contributed by atoms with E-state index in [4.69, 9.17) is 9.47 Å². The van der Waals surface area contributed by atoms with Crippen molar-refractivity contribution in [2.45, 2.75) is 26.4 Å². The van der Waals surface area contributed by atoms with Gasteiger partial charge in [0.05, 0.1) is 6.61 Å². The van der Waals surface area contributed by atoms with Crippen LogP contribution in [0.4, 0.5) is 13.2 Å². The molecule has 0 fully saturated rings. The van der Waals surface area contributed by atoms with Crippen LogP contribution >= 0.6 is 0 Å². The second-order valence-electron chi connectivity index (χ2n) is 6.92. The Bertz CT molecular complexity index is 1010. The average Bonchev–Trinajstić information content (AvgIpc) is 2.76. The molecule has 0 heterocycles. The molecule has 0 saturated heterocycles. The molecule has 0 unspecified atom stereocenters. The molecule has 0 aliphatic heterocycles. The third-order valence-electron chi connectivity index (χ3n) is 4.66. The fourth-order valence-electron chi connectivity index (χ4n) is 2.90. The highest BCUT2D eigenvalue weighted by Crippen LogP contribution is 2.27. The number of unbranched alkanes of at least 4 members (excludes halogenated alkanes) is 1. The van der Waals surface area contributed by atoms with Crippen molar-refractivity contribution in [3.8, 4) is 22.6 Å². The molecular formula is C25H23F3O2. The molecule has 0 bridgehead atoms. The number of hydrogen-bond acceptors (Lipinski definition) is 2. The molecule has 0 aliphatic carbocycles. The van der Waals surface area contributed by atoms with Crippen LogP contribution in [0.15, 0.2) is 67.3 Å². The first-order valence-corrected chi connectivity index (χ1v) is 9.69. The number of rotatable bonds is 9. The largest absolute Gasteiger partial charge is 0.491 e. The minimum Gasteiger partial charge on any atom is -0.491 e. The van der Waals surface area contributed by atoms with E-state index in [0.717, 1.165) is 24.0 Å².